The average Bonchev–Trinajstić information content (AvgIpc) is 3.16. The Balaban J connectivity index is 1.20. The third-order valence-corrected chi connectivity index (χ3v) is 13.9. The number of allylic oxidation sites excluding steroid dienone is 1. The van der Waals surface area contributed by atoms with Crippen molar-refractivity contribution >= 4 is 49.2 Å². The summed E-state index contributed by atoms with van der Waals surface area (Å²) < 4.78 is 98.1. The van der Waals surface area contributed by atoms with Crippen molar-refractivity contribution in [3.8, 4) is 0 Å². The molecule has 6 rings (SSSR count). The lowest BCUT2D eigenvalue weighted by molar-refractivity contribution is -0.0435. The summed E-state index contributed by atoms with van der Waals surface area (Å²) in [6.45, 7) is 1.73. The topological polar surface area (TPSA) is 125 Å². The third kappa shape index (κ3) is 10.3. The summed E-state index contributed by atoms with van der Waals surface area (Å²) in [6.07, 6.45) is 8.42. The summed E-state index contributed by atoms with van der Waals surface area (Å²) in [6, 6.07) is 22.3. The van der Waals surface area contributed by atoms with Crippen LogP contribution in [0.25, 0.3) is 6.08 Å². The van der Waals surface area contributed by atoms with E-state index in [0.717, 1.165) is 42.7 Å². The number of nitrogens with one attached hydrogen (secondary N) is 2. The Bertz CT molecular complexity index is 2180. The van der Waals surface area contributed by atoms with Gasteiger partial charge in [0.2, 0.25) is 0 Å². The van der Waals surface area contributed by atoms with Crippen molar-refractivity contribution in [3.63, 3.8) is 0 Å². The normalized spacial score (nSPS) is 17.4. The van der Waals surface area contributed by atoms with E-state index in [1.165, 1.54) is 29.2 Å². The van der Waals surface area contributed by atoms with Crippen molar-refractivity contribution in [2.75, 3.05) is 43.0 Å². The molecule has 16 heteroatoms. The number of benzene rings is 3. The molecule has 1 aromatic heterocycles. The Hall–Kier alpha value is -3.96. The number of aromatic nitrogens is 2. The van der Waals surface area contributed by atoms with Crippen LogP contribution < -0.4 is 10.0 Å². The molecule has 0 radical (unpaired) electrons. The molecule has 1 saturated carbocycles. The van der Waals surface area contributed by atoms with Gasteiger partial charge in [-0.05, 0) is 95.1 Å². The number of alkyl halides is 3. The Morgan fingerprint density at radius 3 is 2.31 bits per heavy atom. The fraction of sp³-hybridized carbons (Fsp3) is 0.385. The number of hydrogen-bond donors (Lipinski definition) is 2. The number of thioether (sulfide) groups is 1. The van der Waals surface area contributed by atoms with Crippen molar-refractivity contribution in [3.05, 3.63) is 108 Å². The third-order valence-electron chi connectivity index (χ3n) is 9.89. The first kappa shape index (κ1) is 40.7. The van der Waals surface area contributed by atoms with Crippen molar-refractivity contribution in [1.82, 2.24) is 19.8 Å². The molecular weight excluding hydrogens is 770 g/mol. The summed E-state index contributed by atoms with van der Waals surface area (Å²) in [7, 11) is -6.84. The van der Waals surface area contributed by atoms with Crippen LogP contribution in [-0.2, 0) is 32.8 Å². The number of sulfone groups is 1. The molecule has 0 spiro atoms. The molecule has 0 amide bonds. The fourth-order valence-corrected chi connectivity index (χ4v) is 9.99. The predicted molar refractivity (Wildman–Crippen MR) is 211 cm³/mol. The summed E-state index contributed by atoms with van der Waals surface area (Å²) in [5.74, 6) is 0.430. The van der Waals surface area contributed by atoms with Gasteiger partial charge in [-0.3, -0.25) is 9.62 Å². The van der Waals surface area contributed by atoms with Crippen LogP contribution in [-0.4, -0.2) is 87.1 Å². The number of halogens is 3. The van der Waals surface area contributed by atoms with Crippen LogP contribution in [0.15, 0.2) is 105 Å². The monoisotopic (exact) mass is 814 g/mol. The minimum absolute atomic E-state index is 0.0190. The zero-order chi connectivity index (χ0) is 39.2. The number of sulfonamides is 1. The van der Waals surface area contributed by atoms with E-state index in [0.29, 0.717) is 61.6 Å². The van der Waals surface area contributed by atoms with Gasteiger partial charge in [0.15, 0.2) is 0 Å². The van der Waals surface area contributed by atoms with E-state index >= 15 is 0 Å². The Morgan fingerprint density at radius 1 is 0.945 bits per heavy atom. The maximum atomic E-state index is 14.1. The zero-order valence-corrected chi connectivity index (χ0v) is 33.1. The first-order chi connectivity index (χ1) is 26.2. The van der Waals surface area contributed by atoms with Crippen LogP contribution in [0.4, 0.5) is 24.7 Å². The molecule has 10 nitrogen and oxygen atoms in total. The van der Waals surface area contributed by atoms with E-state index in [4.69, 9.17) is 0 Å². The molecule has 2 heterocycles. The Kier molecular flexibility index (Phi) is 12.9. The van der Waals surface area contributed by atoms with Crippen LogP contribution in [0.2, 0.25) is 0 Å². The molecule has 1 aliphatic heterocycles. The lowest BCUT2D eigenvalue weighted by atomic mass is 9.87. The first-order valence-electron chi connectivity index (χ1n) is 18.1. The van der Waals surface area contributed by atoms with Gasteiger partial charge in [-0.15, -0.1) is 11.8 Å². The summed E-state index contributed by atoms with van der Waals surface area (Å²) in [5, 5.41) is 2.99. The Labute approximate surface area is 325 Å². The number of hydrogen-bond acceptors (Lipinski definition) is 10. The molecule has 2 aliphatic rings. The highest BCUT2D eigenvalue weighted by Gasteiger charge is 2.48. The summed E-state index contributed by atoms with van der Waals surface area (Å²) in [5.41, 5.74) is -2.13. The molecule has 55 heavy (non-hydrogen) atoms. The number of nitrogens with zero attached hydrogens (tertiary/aromatic N) is 4. The minimum Gasteiger partial charge on any atom is -0.380 e. The standard InChI is InChI=1S/C39H45F3N6O4S3/c1-47(2)21-19-30(26-53-32-11-7-4-8-12-32)45-35-18-17-33(24-37(35)54(49,50)39(40,41)42)55(51,52)46-38-34-20-22-48(25-36(34)43-27-44-38)31-15-13-29(14-16-31)23-28-9-5-3-6-10-28/h3-12,17-18,23-24,27,30-31,45H,13-16,19-22,25-26H2,1-2H3,(H,43,44,46)/t30-,31?/m1/s1. The number of rotatable bonds is 14. The molecule has 294 valence electrons. The van der Waals surface area contributed by atoms with Crippen LogP contribution in [0.1, 0.15) is 48.9 Å². The largest absolute Gasteiger partial charge is 0.501 e. The second-order valence-electron chi connectivity index (χ2n) is 14.1. The van der Waals surface area contributed by atoms with Crippen LogP contribution in [0.3, 0.4) is 0 Å². The molecule has 0 unspecified atom stereocenters. The van der Waals surface area contributed by atoms with E-state index in [-0.39, 0.29) is 11.5 Å². The number of anilines is 2. The van der Waals surface area contributed by atoms with E-state index in [9.17, 15) is 30.0 Å². The maximum absolute atomic E-state index is 14.1. The van der Waals surface area contributed by atoms with Gasteiger partial charge < -0.3 is 10.2 Å². The van der Waals surface area contributed by atoms with Gasteiger partial charge in [0.05, 0.1) is 16.3 Å². The van der Waals surface area contributed by atoms with Gasteiger partial charge in [0.25, 0.3) is 19.9 Å². The summed E-state index contributed by atoms with van der Waals surface area (Å²) >= 11 is 1.47. The van der Waals surface area contributed by atoms with E-state index in [1.807, 2.05) is 67.5 Å². The van der Waals surface area contributed by atoms with Crippen LogP contribution >= 0.6 is 11.8 Å². The predicted octanol–water partition coefficient (Wildman–Crippen LogP) is 7.48. The lowest BCUT2D eigenvalue weighted by Gasteiger charge is -2.38. The van der Waals surface area contributed by atoms with E-state index in [1.54, 1.807) is 0 Å². The highest BCUT2D eigenvalue weighted by Crippen LogP contribution is 2.38. The van der Waals surface area contributed by atoms with Crippen molar-refractivity contribution in [1.29, 1.82) is 0 Å². The van der Waals surface area contributed by atoms with Gasteiger partial charge in [0.1, 0.15) is 17.0 Å². The van der Waals surface area contributed by atoms with Gasteiger partial charge >= 0.3 is 5.51 Å². The molecule has 0 saturated heterocycles. The highest BCUT2D eigenvalue weighted by molar-refractivity contribution is 7.99. The molecule has 2 N–H and O–H groups in total. The highest BCUT2D eigenvalue weighted by atomic mass is 32.2. The van der Waals surface area contributed by atoms with Crippen LogP contribution in [0.5, 0.6) is 0 Å². The first-order valence-corrected chi connectivity index (χ1v) is 22.0. The van der Waals surface area contributed by atoms with Crippen molar-refractivity contribution < 1.29 is 30.0 Å². The molecule has 1 fully saturated rings. The van der Waals surface area contributed by atoms with Gasteiger partial charge in [-0.25, -0.2) is 26.8 Å². The smallest absolute Gasteiger partial charge is 0.380 e. The van der Waals surface area contributed by atoms with Gasteiger partial charge in [-0.2, -0.15) is 13.2 Å². The number of fused-ring (bicyclic) bond motifs is 1. The average molecular weight is 815 g/mol. The molecule has 1 atom stereocenters. The van der Waals surface area contributed by atoms with Gasteiger partial charge in [0, 0.05) is 41.4 Å². The van der Waals surface area contributed by atoms with Crippen LogP contribution in [0, 0.1) is 0 Å². The molecule has 1 aliphatic carbocycles. The van der Waals surface area contributed by atoms with E-state index < -0.39 is 41.2 Å². The quantitative estimate of drug-likeness (QED) is 0.124. The minimum atomic E-state index is -5.96. The Morgan fingerprint density at radius 2 is 1.64 bits per heavy atom. The molecular formula is C39H45F3N6O4S3. The SMILES string of the molecule is CN(C)CC[C@H](CSc1ccccc1)Nc1ccc(S(=O)(=O)Nc2ncnc3c2CCN(C2CCC(=Cc4ccccc4)CC2)C3)cc1S(=O)(=O)C(F)(F)F. The van der Waals surface area contributed by atoms with E-state index in [2.05, 4.69) is 43.1 Å². The summed E-state index contributed by atoms with van der Waals surface area (Å²) in [4.78, 5) is 12.0. The molecule has 4 aromatic rings. The molecule has 0 bridgehead atoms. The maximum Gasteiger partial charge on any atom is 0.501 e. The molecule has 3 aromatic carbocycles. The lowest BCUT2D eigenvalue weighted by Crippen LogP contribution is -2.41. The second kappa shape index (κ2) is 17.5. The zero-order valence-electron chi connectivity index (χ0n) is 30.7. The fourth-order valence-electron chi connectivity index (χ4n) is 6.91. The second-order valence-corrected chi connectivity index (χ2v) is 18.8. The van der Waals surface area contributed by atoms with Crippen molar-refractivity contribution in [2.24, 2.45) is 0 Å². The van der Waals surface area contributed by atoms with Crippen molar-refractivity contribution in [2.45, 2.75) is 77.3 Å². The van der Waals surface area contributed by atoms with Gasteiger partial charge in [-0.1, -0.05) is 60.2 Å².